The first-order valence-electron chi connectivity index (χ1n) is 15.1. The molecule has 0 spiro atoms. The number of aromatic carboxylic acids is 1. The number of aryl methyl sites for hydroxylation is 2. The Morgan fingerprint density at radius 2 is 1.09 bits per heavy atom. The Morgan fingerprint density at radius 1 is 0.711 bits per heavy atom. The molecule has 2 aromatic heterocycles. The molecule has 0 unspecified atom stereocenters. The second kappa shape index (κ2) is 14.9. The second-order valence-corrected chi connectivity index (χ2v) is 12.0. The number of carbonyl (C=O) groups is 4. The van der Waals surface area contributed by atoms with Gasteiger partial charge in [-0.1, -0.05) is 37.8 Å². The van der Waals surface area contributed by atoms with E-state index in [1.807, 2.05) is 41.4 Å². The number of ether oxygens (including phenoxy) is 1. The molecule has 0 saturated heterocycles. The van der Waals surface area contributed by atoms with Crippen molar-refractivity contribution in [2.24, 2.45) is 14.1 Å². The zero-order valence-electron chi connectivity index (χ0n) is 27.1. The van der Waals surface area contributed by atoms with Crippen LogP contribution in [0.15, 0.2) is 36.4 Å². The number of hydrogen-bond donors (Lipinski definition) is 1. The minimum atomic E-state index is -0.940. The van der Waals surface area contributed by atoms with E-state index in [-0.39, 0.29) is 58.1 Å². The summed E-state index contributed by atoms with van der Waals surface area (Å²) in [7, 11) is 5.13. The van der Waals surface area contributed by atoms with E-state index in [1.54, 1.807) is 32.0 Å². The van der Waals surface area contributed by atoms with Gasteiger partial charge in [-0.2, -0.15) is 0 Å². The molecule has 2 heterocycles. The predicted octanol–water partition coefficient (Wildman–Crippen LogP) is 4.39. The summed E-state index contributed by atoms with van der Waals surface area (Å²) in [5, 5.41) is 11.3. The average Bonchev–Trinajstić information content (AvgIpc) is 3.79. The Bertz CT molecular complexity index is 1750. The average molecular weight is 625 g/mol. The number of benzene rings is 2. The van der Waals surface area contributed by atoms with Gasteiger partial charge in [0, 0.05) is 49.7 Å². The third kappa shape index (κ3) is 6.82. The van der Waals surface area contributed by atoms with Crippen LogP contribution in [0.5, 0.6) is 0 Å². The quantitative estimate of drug-likeness (QED) is 0.191. The summed E-state index contributed by atoms with van der Waals surface area (Å²) in [4.78, 5) is 47.2. The van der Waals surface area contributed by atoms with Crippen LogP contribution in [0.25, 0.3) is 21.8 Å². The van der Waals surface area contributed by atoms with Crippen molar-refractivity contribution in [3.63, 3.8) is 0 Å². The van der Waals surface area contributed by atoms with Gasteiger partial charge in [-0.25, -0.2) is 9.59 Å². The molecule has 2 N–H and O–H groups in total. The Morgan fingerprint density at radius 3 is 1.44 bits per heavy atom. The van der Waals surface area contributed by atoms with Crippen LogP contribution >= 0.6 is 0 Å². The number of fused-ring (bicyclic) bond motifs is 2. The van der Waals surface area contributed by atoms with E-state index >= 15 is 0 Å². The standard InChI is InChI=1S/C18H21NO3.C17H19NO3.Na.H2O/c1-11(20)17-16(12-6-4-5-7-12)14-9-8-13(18(21)22-3)10-15(14)19(17)2;1-10(19)16-15(11-5-3-4-6-11)13-8-7-12(17(20)21)9-14(13)18(16)2;;/h8-10,12H,4-7H2,1-3H3;7-9,11H,3-6H2,1-2H3,(H,20,21);;1H2/q;;+1;/p-1. The summed E-state index contributed by atoms with van der Waals surface area (Å²) in [5.74, 6) is -0.290. The summed E-state index contributed by atoms with van der Waals surface area (Å²) in [5.41, 5.74) is 6.34. The number of Topliss-reactive ketones (excluding diaryl/α,β-unsaturated/α-hetero) is 2. The van der Waals surface area contributed by atoms with Crippen LogP contribution in [-0.2, 0) is 18.8 Å². The molecule has 2 aliphatic rings. The van der Waals surface area contributed by atoms with Crippen molar-refractivity contribution in [1.82, 2.24) is 9.13 Å². The fourth-order valence-corrected chi connectivity index (χ4v) is 7.42. The van der Waals surface area contributed by atoms with Crippen LogP contribution < -0.4 is 29.6 Å². The van der Waals surface area contributed by atoms with Gasteiger partial charge in [0.2, 0.25) is 0 Å². The van der Waals surface area contributed by atoms with Crippen molar-refractivity contribution >= 4 is 45.3 Å². The number of nitrogens with zero attached hydrogens (tertiary/aromatic N) is 2. The van der Waals surface area contributed by atoms with Gasteiger partial charge in [-0.15, -0.1) is 0 Å². The molecule has 0 amide bonds. The van der Waals surface area contributed by atoms with E-state index < -0.39 is 5.97 Å². The molecule has 2 aromatic carbocycles. The first kappa shape index (κ1) is 36.2. The van der Waals surface area contributed by atoms with Crippen LogP contribution in [0, 0.1) is 0 Å². The van der Waals surface area contributed by atoms with E-state index in [0.717, 1.165) is 64.4 Å². The molecule has 234 valence electrons. The van der Waals surface area contributed by atoms with Gasteiger partial charge < -0.3 is 24.5 Å². The maximum absolute atomic E-state index is 12.2. The molecule has 0 radical (unpaired) electrons. The largest absolute Gasteiger partial charge is 1.00 e. The van der Waals surface area contributed by atoms with E-state index in [0.29, 0.717) is 17.4 Å². The van der Waals surface area contributed by atoms with Gasteiger partial charge >= 0.3 is 41.5 Å². The Balaban J connectivity index is 0.000000235. The Hall–Kier alpha value is -3.24. The molecule has 4 aromatic rings. The van der Waals surface area contributed by atoms with Crippen LogP contribution in [-0.4, -0.2) is 50.3 Å². The molecule has 0 atom stereocenters. The number of methoxy groups -OCH3 is 1. The second-order valence-electron chi connectivity index (χ2n) is 12.0. The van der Waals surface area contributed by atoms with E-state index in [1.165, 1.54) is 38.4 Å². The molecule has 2 fully saturated rings. The number of carbonyl (C=O) groups excluding carboxylic acids is 3. The number of rotatable bonds is 6. The summed E-state index contributed by atoms with van der Waals surface area (Å²) in [6.45, 7) is 3.21. The third-order valence-corrected chi connectivity index (χ3v) is 9.34. The normalized spacial score (nSPS) is 14.9. The molecule has 45 heavy (non-hydrogen) atoms. The van der Waals surface area contributed by atoms with Crippen molar-refractivity contribution in [1.29, 1.82) is 0 Å². The van der Waals surface area contributed by atoms with Crippen LogP contribution in [0.1, 0.15) is 130 Å². The smallest absolute Gasteiger partial charge is 0.870 e. The van der Waals surface area contributed by atoms with Crippen LogP contribution in [0.4, 0.5) is 0 Å². The van der Waals surface area contributed by atoms with Gasteiger partial charge in [0.25, 0.3) is 0 Å². The van der Waals surface area contributed by atoms with Crippen LogP contribution in [0.2, 0.25) is 0 Å². The van der Waals surface area contributed by atoms with Crippen molar-refractivity contribution < 1.29 is 64.1 Å². The number of esters is 1. The Labute approximate surface area is 285 Å². The van der Waals surface area contributed by atoms with Crippen molar-refractivity contribution in [2.75, 3.05) is 7.11 Å². The molecule has 2 saturated carbocycles. The predicted molar refractivity (Wildman–Crippen MR) is 168 cm³/mol. The molecule has 6 rings (SSSR count). The van der Waals surface area contributed by atoms with Crippen molar-refractivity contribution in [2.45, 2.75) is 77.0 Å². The molecule has 9 nitrogen and oxygen atoms in total. The first-order valence-corrected chi connectivity index (χ1v) is 15.1. The molecule has 10 heteroatoms. The van der Waals surface area contributed by atoms with Gasteiger partial charge in [0.15, 0.2) is 11.6 Å². The number of aromatic nitrogens is 2. The van der Waals surface area contributed by atoms with Gasteiger partial charge in [-0.3, -0.25) is 9.59 Å². The maximum atomic E-state index is 12.2. The summed E-state index contributed by atoms with van der Waals surface area (Å²) < 4.78 is 8.58. The number of carboxylic acids is 1. The molecular formula is C35H41N2NaO7. The zero-order chi connectivity index (χ0) is 31.0. The fraction of sp³-hybridized carbons (Fsp3) is 0.429. The topological polar surface area (TPSA) is 138 Å². The Kier molecular flexibility index (Phi) is 12.0. The molecule has 0 aliphatic heterocycles. The SMILES string of the molecule is CC(=O)c1c(C2CCCC2)c2ccc(C(=O)O)cc2n1C.COC(=O)c1ccc2c(C3CCCC3)c(C(C)=O)n(C)c2c1.[Na+].[OH-]. The van der Waals surface area contributed by atoms with Gasteiger partial charge in [-0.05, 0) is 72.9 Å². The van der Waals surface area contributed by atoms with E-state index in [4.69, 9.17) is 9.84 Å². The minimum Gasteiger partial charge on any atom is -0.870 e. The van der Waals surface area contributed by atoms with Crippen LogP contribution in [0.3, 0.4) is 0 Å². The molecule has 2 aliphatic carbocycles. The molecular weight excluding hydrogens is 583 g/mol. The van der Waals surface area contributed by atoms with Crippen molar-refractivity contribution in [3.8, 4) is 0 Å². The first-order chi connectivity index (χ1) is 20.5. The fourth-order valence-electron chi connectivity index (χ4n) is 7.42. The zero-order valence-corrected chi connectivity index (χ0v) is 29.1. The maximum Gasteiger partial charge on any atom is 1.00 e. The van der Waals surface area contributed by atoms with Gasteiger partial charge in [0.1, 0.15) is 0 Å². The van der Waals surface area contributed by atoms with Gasteiger partial charge in [0.05, 0.1) is 29.6 Å². The third-order valence-electron chi connectivity index (χ3n) is 9.34. The number of carboxylic acid groups (broad SMARTS) is 1. The number of ketones is 2. The molecule has 0 bridgehead atoms. The monoisotopic (exact) mass is 624 g/mol. The summed E-state index contributed by atoms with van der Waals surface area (Å²) in [6, 6.07) is 10.7. The van der Waals surface area contributed by atoms with E-state index in [2.05, 4.69) is 0 Å². The summed E-state index contributed by atoms with van der Waals surface area (Å²) in [6.07, 6.45) is 9.34. The number of hydrogen-bond acceptors (Lipinski definition) is 6. The summed E-state index contributed by atoms with van der Waals surface area (Å²) >= 11 is 0. The minimum absolute atomic E-state index is 0. The van der Waals surface area contributed by atoms with Crippen molar-refractivity contribution in [3.05, 3.63) is 70.0 Å². The van der Waals surface area contributed by atoms with E-state index in [9.17, 15) is 19.2 Å².